The van der Waals surface area contributed by atoms with Gasteiger partial charge in [-0.25, -0.2) is 0 Å². The van der Waals surface area contributed by atoms with Crippen LogP contribution in [0, 0.1) is 17.0 Å². The summed E-state index contributed by atoms with van der Waals surface area (Å²) in [5, 5.41) is 15.7. The third-order valence-electron chi connectivity index (χ3n) is 4.16. The van der Waals surface area contributed by atoms with Crippen molar-refractivity contribution in [1.82, 2.24) is 0 Å². The molecule has 0 fully saturated rings. The Morgan fingerprint density at radius 3 is 2.48 bits per heavy atom. The van der Waals surface area contributed by atoms with Gasteiger partial charge in [0.05, 0.1) is 23.9 Å². The van der Waals surface area contributed by atoms with Crippen LogP contribution >= 0.6 is 0 Å². The highest BCUT2D eigenvalue weighted by atomic mass is 16.6. The van der Waals surface area contributed by atoms with Gasteiger partial charge in [0, 0.05) is 11.6 Å². The second-order valence-electron chi connectivity index (χ2n) is 6.34. The van der Waals surface area contributed by atoms with Gasteiger partial charge in [-0.1, -0.05) is 48.0 Å². The lowest BCUT2D eigenvalue weighted by Crippen LogP contribution is -2.03. The summed E-state index contributed by atoms with van der Waals surface area (Å²) in [6.07, 6.45) is 1.49. The molecule has 148 valence electrons. The predicted molar refractivity (Wildman–Crippen MR) is 113 cm³/mol. The summed E-state index contributed by atoms with van der Waals surface area (Å²) in [5.41, 5.74) is 6.05. The third-order valence-corrected chi connectivity index (χ3v) is 4.16. The molecule has 0 unspecified atom stereocenters. The van der Waals surface area contributed by atoms with Crippen molar-refractivity contribution >= 4 is 17.6 Å². The zero-order valence-corrected chi connectivity index (χ0v) is 16.2. The van der Waals surface area contributed by atoms with Gasteiger partial charge in [0.1, 0.15) is 6.61 Å². The average Bonchev–Trinajstić information content (AvgIpc) is 2.74. The van der Waals surface area contributed by atoms with E-state index in [9.17, 15) is 10.1 Å². The number of nitro benzene ring substituents is 1. The molecule has 1 N–H and O–H groups in total. The van der Waals surface area contributed by atoms with Crippen LogP contribution in [-0.4, -0.2) is 18.2 Å². The number of nitrogens with one attached hydrogen (secondary N) is 1. The number of nitrogens with zero attached hydrogens (tertiary/aromatic N) is 2. The van der Waals surface area contributed by atoms with E-state index in [0.717, 1.165) is 16.8 Å². The molecule has 29 heavy (non-hydrogen) atoms. The van der Waals surface area contributed by atoms with Gasteiger partial charge < -0.3 is 9.47 Å². The zero-order chi connectivity index (χ0) is 20.6. The maximum Gasteiger partial charge on any atom is 0.315 e. The molecule has 0 radical (unpaired) electrons. The number of benzene rings is 3. The average molecular weight is 391 g/mol. The minimum absolute atomic E-state index is 0.0891. The van der Waals surface area contributed by atoms with Crippen LogP contribution in [0.4, 0.5) is 11.4 Å². The second-order valence-corrected chi connectivity index (χ2v) is 6.34. The van der Waals surface area contributed by atoms with E-state index in [1.54, 1.807) is 6.07 Å². The lowest BCUT2D eigenvalue weighted by molar-refractivity contribution is -0.386. The Morgan fingerprint density at radius 2 is 1.83 bits per heavy atom. The predicted octanol–water partition coefficient (Wildman–Crippen LogP) is 4.94. The van der Waals surface area contributed by atoms with Crippen LogP contribution in [-0.2, 0) is 6.61 Å². The molecule has 0 saturated carbocycles. The van der Waals surface area contributed by atoms with Crippen molar-refractivity contribution < 1.29 is 14.4 Å². The molecular formula is C22H21N3O4. The first-order chi connectivity index (χ1) is 14.1. The summed E-state index contributed by atoms with van der Waals surface area (Å²) in [4.78, 5) is 11.1. The Bertz CT molecular complexity index is 1000. The molecule has 0 amide bonds. The first-order valence-electron chi connectivity index (χ1n) is 8.95. The van der Waals surface area contributed by atoms with Crippen molar-refractivity contribution in [2.75, 3.05) is 12.5 Å². The Labute approximate surface area is 168 Å². The van der Waals surface area contributed by atoms with Crippen molar-refractivity contribution in [2.45, 2.75) is 13.5 Å². The van der Waals surface area contributed by atoms with Gasteiger partial charge in [-0.05, 0) is 30.7 Å². The molecule has 3 aromatic rings. The second kappa shape index (κ2) is 9.36. The smallest absolute Gasteiger partial charge is 0.315 e. The van der Waals surface area contributed by atoms with Crippen LogP contribution in [0.5, 0.6) is 11.5 Å². The summed E-state index contributed by atoms with van der Waals surface area (Å²) in [7, 11) is 1.45. The molecule has 3 aromatic carbocycles. The molecule has 0 bridgehead atoms. The van der Waals surface area contributed by atoms with E-state index in [0.29, 0.717) is 5.56 Å². The summed E-state index contributed by atoms with van der Waals surface area (Å²) < 4.78 is 11.1. The van der Waals surface area contributed by atoms with E-state index >= 15 is 0 Å². The molecule has 0 spiro atoms. The van der Waals surface area contributed by atoms with Crippen molar-refractivity contribution in [1.29, 1.82) is 0 Å². The van der Waals surface area contributed by atoms with Crippen LogP contribution in [0.2, 0.25) is 0 Å². The van der Waals surface area contributed by atoms with Gasteiger partial charge in [-0.2, -0.15) is 5.10 Å². The van der Waals surface area contributed by atoms with E-state index in [4.69, 9.17) is 9.47 Å². The Balaban J connectivity index is 1.82. The number of rotatable bonds is 8. The zero-order valence-electron chi connectivity index (χ0n) is 16.2. The van der Waals surface area contributed by atoms with Crippen LogP contribution in [0.3, 0.4) is 0 Å². The number of ether oxygens (including phenoxy) is 2. The molecule has 0 saturated heterocycles. The first kappa shape index (κ1) is 19.9. The van der Waals surface area contributed by atoms with Crippen LogP contribution < -0.4 is 14.9 Å². The monoisotopic (exact) mass is 391 g/mol. The fourth-order valence-corrected chi connectivity index (χ4v) is 2.65. The molecule has 0 aliphatic carbocycles. The van der Waals surface area contributed by atoms with E-state index in [2.05, 4.69) is 10.5 Å². The molecule has 0 aliphatic heterocycles. The SMILES string of the molecule is COc1cc(/C=N/Nc2ccccc2)cc([N+](=O)[O-])c1OCc1ccc(C)cc1. The van der Waals surface area contributed by atoms with Gasteiger partial charge in [0.2, 0.25) is 5.75 Å². The maximum atomic E-state index is 11.6. The lowest BCUT2D eigenvalue weighted by Gasteiger charge is -2.12. The molecule has 0 aromatic heterocycles. The third kappa shape index (κ3) is 5.32. The Kier molecular flexibility index (Phi) is 6.42. The maximum absolute atomic E-state index is 11.6. The van der Waals surface area contributed by atoms with E-state index in [-0.39, 0.29) is 23.8 Å². The van der Waals surface area contributed by atoms with E-state index in [1.807, 2.05) is 61.5 Å². The van der Waals surface area contributed by atoms with E-state index in [1.165, 1.54) is 19.4 Å². The van der Waals surface area contributed by atoms with Crippen molar-refractivity contribution in [3.05, 3.63) is 93.5 Å². The van der Waals surface area contributed by atoms with Crippen LogP contribution in [0.25, 0.3) is 0 Å². The number of para-hydroxylation sites is 1. The summed E-state index contributed by atoms with van der Waals surface area (Å²) >= 11 is 0. The van der Waals surface area contributed by atoms with Crippen LogP contribution in [0.1, 0.15) is 16.7 Å². The van der Waals surface area contributed by atoms with Gasteiger partial charge >= 0.3 is 5.69 Å². The van der Waals surface area contributed by atoms with Crippen LogP contribution in [0.15, 0.2) is 71.8 Å². The Hall–Kier alpha value is -3.87. The van der Waals surface area contributed by atoms with Crippen molar-refractivity contribution in [2.24, 2.45) is 5.10 Å². The number of hydrazone groups is 1. The number of hydrogen-bond donors (Lipinski definition) is 1. The molecular weight excluding hydrogens is 370 g/mol. The molecule has 0 aliphatic rings. The van der Waals surface area contributed by atoms with Crippen molar-refractivity contribution in [3.8, 4) is 11.5 Å². The summed E-state index contributed by atoms with van der Waals surface area (Å²) in [5.74, 6) is 0.360. The lowest BCUT2D eigenvalue weighted by atomic mass is 10.1. The minimum atomic E-state index is -0.491. The summed E-state index contributed by atoms with van der Waals surface area (Å²) in [6.45, 7) is 2.19. The normalized spacial score (nSPS) is 10.7. The number of anilines is 1. The van der Waals surface area contributed by atoms with Gasteiger partial charge in [0.25, 0.3) is 0 Å². The quantitative estimate of drug-likeness (QED) is 0.334. The van der Waals surface area contributed by atoms with Gasteiger partial charge in [0.15, 0.2) is 5.75 Å². The molecule has 3 rings (SSSR count). The number of aryl methyl sites for hydroxylation is 1. The number of nitro groups is 1. The highest BCUT2D eigenvalue weighted by Gasteiger charge is 2.22. The topological polar surface area (TPSA) is 86.0 Å². The highest BCUT2D eigenvalue weighted by Crippen LogP contribution is 2.38. The van der Waals surface area contributed by atoms with E-state index < -0.39 is 4.92 Å². The molecule has 7 nitrogen and oxygen atoms in total. The summed E-state index contributed by atoms with van der Waals surface area (Å²) in [6, 6.07) is 20.2. The minimum Gasteiger partial charge on any atom is -0.493 e. The molecule has 0 atom stereocenters. The first-order valence-corrected chi connectivity index (χ1v) is 8.95. The highest BCUT2D eigenvalue weighted by molar-refractivity contribution is 5.83. The number of hydrogen-bond acceptors (Lipinski definition) is 6. The molecule has 7 heteroatoms. The Morgan fingerprint density at radius 1 is 1.10 bits per heavy atom. The van der Waals surface area contributed by atoms with Crippen molar-refractivity contribution in [3.63, 3.8) is 0 Å². The largest absolute Gasteiger partial charge is 0.493 e. The number of methoxy groups -OCH3 is 1. The molecule has 0 heterocycles. The standard InChI is InChI=1S/C22H21N3O4/c1-16-8-10-17(11-9-16)15-29-22-20(25(26)27)12-18(13-21(22)28-2)14-23-24-19-6-4-3-5-7-19/h3-14,24H,15H2,1-2H3/b23-14+. The fourth-order valence-electron chi connectivity index (χ4n) is 2.65. The van der Waals surface area contributed by atoms with Gasteiger partial charge in [-0.3, -0.25) is 15.5 Å². The van der Waals surface area contributed by atoms with Gasteiger partial charge in [-0.15, -0.1) is 0 Å². The fraction of sp³-hybridized carbons (Fsp3) is 0.136.